The quantitative estimate of drug-likeness (QED) is 0.814. The van der Waals surface area contributed by atoms with Crippen LogP contribution in [-0.4, -0.2) is 50.6 Å². The van der Waals surface area contributed by atoms with Gasteiger partial charge in [0.25, 0.3) is 0 Å². The van der Waals surface area contributed by atoms with Gasteiger partial charge in [-0.3, -0.25) is 4.79 Å². The lowest BCUT2D eigenvalue weighted by Gasteiger charge is -2.21. The Kier molecular flexibility index (Phi) is 7.81. The molecule has 0 spiro atoms. The monoisotopic (exact) mass is 352 g/mol. The number of rotatable bonds is 7. The van der Waals surface area contributed by atoms with Crippen molar-refractivity contribution in [2.75, 3.05) is 13.6 Å². The summed E-state index contributed by atoms with van der Waals surface area (Å²) in [5, 5.41) is 11.0. The molecule has 132 valence electrons. The van der Waals surface area contributed by atoms with Crippen molar-refractivity contribution in [2.45, 2.75) is 32.7 Å². The van der Waals surface area contributed by atoms with Gasteiger partial charge in [-0.15, -0.1) is 17.5 Å². The molecule has 7 nitrogen and oxygen atoms in total. The first-order chi connectivity index (χ1) is 11.0. The van der Waals surface area contributed by atoms with Crippen LogP contribution in [0.2, 0.25) is 0 Å². The minimum atomic E-state index is 0. The number of nitrogens with two attached hydrogens (primary N) is 1. The van der Waals surface area contributed by atoms with Crippen molar-refractivity contribution in [1.82, 2.24) is 25.1 Å². The van der Waals surface area contributed by atoms with E-state index in [2.05, 4.69) is 29.4 Å². The van der Waals surface area contributed by atoms with Gasteiger partial charge < -0.3 is 10.6 Å². The van der Waals surface area contributed by atoms with Gasteiger partial charge in [0.15, 0.2) is 0 Å². The summed E-state index contributed by atoms with van der Waals surface area (Å²) >= 11 is 0. The zero-order chi connectivity index (χ0) is 16.8. The Morgan fingerprint density at radius 2 is 1.96 bits per heavy atom. The Balaban J connectivity index is 0.00000288. The van der Waals surface area contributed by atoms with Gasteiger partial charge in [-0.1, -0.05) is 26.0 Å². The predicted molar refractivity (Wildman–Crippen MR) is 95.2 cm³/mol. The van der Waals surface area contributed by atoms with Gasteiger partial charge in [0.05, 0.1) is 12.1 Å². The van der Waals surface area contributed by atoms with E-state index >= 15 is 0 Å². The lowest BCUT2D eigenvalue weighted by atomic mass is 10.0. The molecular weight excluding hydrogens is 328 g/mol. The molecule has 2 N–H and O–H groups in total. The van der Waals surface area contributed by atoms with Gasteiger partial charge in [0.1, 0.15) is 6.33 Å². The van der Waals surface area contributed by atoms with E-state index in [0.717, 1.165) is 17.7 Å². The van der Waals surface area contributed by atoms with Gasteiger partial charge >= 0.3 is 0 Å². The Hall–Kier alpha value is -1.99. The third-order valence-electron chi connectivity index (χ3n) is 3.99. The maximum absolute atomic E-state index is 12.3. The van der Waals surface area contributed by atoms with Crippen molar-refractivity contribution < 1.29 is 4.79 Å². The van der Waals surface area contributed by atoms with Crippen LogP contribution in [0.4, 0.5) is 0 Å². The van der Waals surface area contributed by atoms with Crippen LogP contribution in [0, 0.1) is 5.92 Å². The van der Waals surface area contributed by atoms with Crippen molar-refractivity contribution in [3.05, 3.63) is 36.2 Å². The van der Waals surface area contributed by atoms with Crippen LogP contribution in [0.15, 0.2) is 30.6 Å². The SMILES string of the molecule is CC(C)C(N)CCN(C)C(=O)Cc1ccc(-n2cnnn2)cc1.Cl. The summed E-state index contributed by atoms with van der Waals surface area (Å²) in [6.07, 6.45) is 2.73. The highest BCUT2D eigenvalue weighted by atomic mass is 35.5. The van der Waals surface area contributed by atoms with Crippen LogP contribution in [0.1, 0.15) is 25.8 Å². The first-order valence-corrected chi connectivity index (χ1v) is 7.79. The molecule has 2 aromatic rings. The fourth-order valence-electron chi connectivity index (χ4n) is 2.16. The smallest absolute Gasteiger partial charge is 0.226 e. The summed E-state index contributed by atoms with van der Waals surface area (Å²) in [7, 11) is 1.82. The lowest BCUT2D eigenvalue weighted by molar-refractivity contribution is -0.129. The van der Waals surface area contributed by atoms with Gasteiger partial charge in [0, 0.05) is 19.6 Å². The maximum atomic E-state index is 12.3. The summed E-state index contributed by atoms with van der Waals surface area (Å²) in [6.45, 7) is 4.87. The molecular formula is C16H25ClN6O. The van der Waals surface area contributed by atoms with E-state index in [0.29, 0.717) is 18.9 Å². The molecule has 24 heavy (non-hydrogen) atoms. The zero-order valence-electron chi connectivity index (χ0n) is 14.3. The molecule has 1 unspecified atom stereocenters. The summed E-state index contributed by atoms with van der Waals surface area (Å²) in [4.78, 5) is 14.0. The van der Waals surface area contributed by atoms with E-state index in [-0.39, 0.29) is 24.4 Å². The first kappa shape index (κ1) is 20.1. The highest BCUT2D eigenvalue weighted by Crippen LogP contribution is 2.10. The second kappa shape index (κ2) is 9.34. The van der Waals surface area contributed by atoms with Gasteiger partial charge in [-0.05, 0) is 40.5 Å². The van der Waals surface area contributed by atoms with E-state index < -0.39 is 0 Å². The van der Waals surface area contributed by atoms with E-state index in [1.165, 1.54) is 6.33 Å². The number of aromatic nitrogens is 4. The second-order valence-corrected chi connectivity index (χ2v) is 6.11. The summed E-state index contributed by atoms with van der Waals surface area (Å²) < 4.78 is 1.57. The van der Waals surface area contributed by atoms with Crippen molar-refractivity contribution in [1.29, 1.82) is 0 Å². The number of carbonyl (C=O) groups excluding carboxylic acids is 1. The van der Waals surface area contributed by atoms with Crippen molar-refractivity contribution in [3.8, 4) is 5.69 Å². The Bertz CT molecular complexity index is 614. The number of nitrogens with zero attached hydrogens (tertiary/aromatic N) is 5. The maximum Gasteiger partial charge on any atom is 0.226 e. The molecule has 0 aliphatic carbocycles. The van der Waals surface area contributed by atoms with Crippen LogP contribution in [0.3, 0.4) is 0 Å². The molecule has 8 heteroatoms. The topological polar surface area (TPSA) is 89.9 Å². The molecule has 2 rings (SSSR count). The van der Waals surface area contributed by atoms with E-state index in [1.54, 1.807) is 9.58 Å². The van der Waals surface area contributed by atoms with Gasteiger partial charge in [-0.25, -0.2) is 4.68 Å². The number of carbonyl (C=O) groups is 1. The van der Waals surface area contributed by atoms with Gasteiger partial charge in [0.2, 0.25) is 5.91 Å². The van der Waals surface area contributed by atoms with Crippen LogP contribution in [-0.2, 0) is 11.2 Å². The molecule has 1 atom stereocenters. The molecule has 0 saturated carbocycles. The average molecular weight is 353 g/mol. The molecule has 1 aromatic heterocycles. The Labute approximate surface area is 148 Å². The fourth-order valence-corrected chi connectivity index (χ4v) is 2.16. The van der Waals surface area contributed by atoms with Crippen LogP contribution in [0.25, 0.3) is 5.69 Å². The first-order valence-electron chi connectivity index (χ1n) is 7.79. The molecule has 1 heterocycles. The van der Waals surface area contributed by atoms with Crippen LogP contribution < -0.4 is 5.73 Å². The lowest BCUT2D eigenvalue weighted by Crippen LogP contribution is -2.35. The molecule has 1 amide bonds. The number of hydrogen-bond acceptors (Lipinski definition) is 5. The molecule has 0 fully saturated rings. The average Bonchev–Trinajstić information content (AvgIpc) is 3.07. The number of halogens is 1. The molecule has 0 saturated heterocycles. The molecule has 1 aromatic carbocycles. The van der Waals surface area contributed by atoms with Crippen molar-refractivity contribution in [3.63, 3.8) is 0 Å². The highest BCUT2D eigenvalue weighted by molar-refractivity contribution is 5.85. The second-order valence-electron chi connectivity index (χ2n) is 6.11. The number of amides is 1. The largest absolute Gasteiger partial charge is 0.345 e. The predicted octanol–water partition coefficient (Wildman–Crippen LogP) is 1.46. The number of hydrogen-bond donors (Lipinski definition) is 1. The minimum Gasteiger partial charge on any atom is -0.345 e. The van der Waals surface area contributed by atoms with E-state index in [1.807, 2.05) is 31.3 Å². The highest BCUT2D eigenvalue weighted by Gasteiger charge is 2.13. The minimum absolute atomic E-state index is 0. The normalized spacial score (nSPS) is 11.9. The zero-order valence-corrected chi connectivity index (χ0v) is 15.1. The van der Waals surface area contributed by atoms with Crippen molar-refractivity contribution >= 4 is 18.3 Å². The van der Waals surface area contributed by atoms with Crippen LogP contribution >= 0.6 is 12.4 Å². The van der Waals surface area contributed by atoms with Crippen LogP contribution in [0.5, 0.6) is 0 Å². The standard InChI is InChI=1S/C16H24N6O.ClH/c1-12(2)15(17)8-9-21(3)16(23)10-13-4-6-14(7-5-13)22-11-18-19-20-22;/h4-7,11-12,15H,8-10,17H2,1-3H3;1H. The number of benzene rings is 1. The fraction of sp³-hybridized carbons (Fsp3) is 0.500. The summed E-state index contributed by atoms with van der Waals surface area (Å²) in [5.41, 5.74) is 7.85. The molecule has 0 aliphatic rings. The molecule has 0 bridgehead atoms. The van der Waals surface area contributed by atoms with E-state index in [9.17, 15) is 4.79 Å². The molecule has 0 aliphatic heterocycles. The Morgan fingerprint density at radius 3 is 2.50 bits per heavy atom. The van der Waals surface area contributed by atoms with E-state index in [4.69, 9.17) is 5.73 Å². The molecule has 0 radical (unpaired) electrons. The van der Waals surface area contributed by atoms with Gasteiger partial charge in [-0.2, -0.15) is 0 Å². The third-order valence-corrected chi connectivity index (χ3v) is 3.99. The number of likely N-dealkylation sites (N-methyl/N-ethyl adjacent to an activating group) is 1. The summed E-state index contributed by atoms with van der Waals surface area (Å²) in [5.74, 6) is 0.522. The Morgan fingerprint density at radius 1 is 1.29 bits per heavy atom. The third kappa shape index (κ3) is 5.58. The summed E-state index contributed by atoms with van der Waals surface area (Å²) in [6, 6.07) is 7.76. The van der Waals surface area contributed by atoms with Crippen molar-refractivity contribution in [2.24, 2.45) is 11.7 Å². The number of tetrazole rings is 1.